The van der Waals surface area contributed by atoms with Crippen LogP contribution in [0.4, 0.5) is 5.69 Å². The van der Waals surface area contributed by atoms with Gasteiger partial charge in [-0.25, -0.2) is 0 Å². The van der Waals surface area contributed by atoms with Crippen molar-refractivity contribution in [3.05, 3.63) is 28.1 Å². The number of amides is 1. The Balaban J connectivity index is 1.91. The van der Waals surface area contributed by atoms with E-state index in [9.17, 15) is 4.79 Å². The highest BCUT2D eigenvalue weighted by Crippen LogP contribution is 2.36. The highest BCUT2D eigenvalue weighted by molar-refractivity contribution is 7.21. The molecule has 1 amide bonds. The fourth-order valence-electron chi connectivity index (χ4n) is 2.84. The number of fused-ring (bicyclic) bond motifs is 1. The van der Waals surface area contributed by atoms with Crippen LogP contribution in [-0.2, 0) is 0 Å². The van der Waals surface area contributed by atoms with Gasteiger partial charge in [0.05, 0.1) is 5.69 Å². The largest absolute Gasteiger partial charge is 0.397 e. The van der Waals surface area contributed by atoms with Crippen LogP contribution in [0.5, 0.6) is 0 Å². The van der Waals surface area contributed by atoms with Crippen LogP contribution in [0.25, 0.3) is 10.1 Å². The van der Waals surface area contributed by atoms with Crippen molar-refractivity contribution in [2.45, 2.75) is 32.1 Å². The van der Waals surface area contributed by atoms with Crippen LogP contribution in [0.15, 0.2) is 18.2 Å². The molecule has 2 heterocycles. The summed E-state index contributed by atoms with van der Waals surface area (Å²) < 4.78 is 0.982. The van der Waals surface area contributed by atoms with Gasteiger partial charge < -0.3 is 10.6 Å². The number of hydrogen-bond acceptors (Lipinski definition) is 3. The molecule has 0 saturated carbocycles. The Kier molecular flexibility index (Phi) is 4.36. The molecule has 112 valence electrons. The summed E-state index contributed by atoms with van der Waals surface area (Å²) in [7, 11) is 0. The van der Waals surface area contributed by atoms with Crippen LogP contribution in [0.2, 0.25) is 5.02 Å². The number of carbonyl (C=O) groups is 1. The second-order valence-electron chi connectivity index (χ2n) is 5.55. The van der Waals surface area contributed by atoms with Crippen molar-refractivity contribution in [1.82, 2.24) is 4.90 Å². The van der Waals surface area contributed by atoms with Crippen molar-refractivity contribution in [2.24, 2.45) is 0 Å². The van der Waals surface area contributed by atoms with Crippen LogP contribution >= 0.6 is 22.9 Å². The predicted octanol–water partition coefficient (Wildman–Crippen LogP) is 4.54. The van der Waals surface area contributed by atoms with Gasteiger partial charge in [-0.05, 0) is 31.0 Å². The molecule has 21 heavy (non-hydrogen) atoms. The summed E-state index contributed by atoms with van der Waals surface area (Å²) in [6, 6.07) is 5.59. The molecule has 1 saturated heterocycles. The molecule has 3 rings (SSSR count). The van der Waals surface area contributed by atoms with Crippen molar-refractivity contribution in [2.75, 3.05) is 18.8 Å². The second kappa shape index (κ2) is 6.24. The Bertz CT molecular complexity index is 660. The Morgan fingerprint density at radius 1 is 1.14 bits per heavy atom. The lowest BCUT2D eigenvalue weighted by atomic mass is 10.1. The molecule has 3 nitrogen and oxygen atoms in total. The van der Waals surface area contributed by atoms with Crippen LogP contribution in [0.1, 0.15) is 41.8 Å². The molecule has 2 aromatic rings. The van der Waals surface area contributed by atoms with E-state index < -0.39 is 0 Å². The molecule has 1 aromatic heterocycles. The predicted molar refractivity (Wildman–Crippen MR) is 90.2 cm³/mol. The first-order chi connectivity index (χ1) is 10.2. The number of anilines is 1. The van der Waals surface area contributed by atoms with Crippen LogP contribution in [0.3, 0.4) is 0 Å². The van der Waals surface area contributed by atoms with Crippen molar-refractivity contribution in [3.8, 4) is 0 Å². The minimum atomic E-state index is 0.0757. The zero-order valence-corrected chi connectivity index (χ0v) is 13.5. The fraction of sp³-hybridized carbons (Fsp3) is 0.438. The van der Waals surface area contributed by atoms with Gasteiger partial charge in [0.15, 0.2) is 0 Å². The smallest absolute Gasteiger partial charge is 0.266 e. The van der Waals surface area contributed by atoms with E-state index in [0.717, 1.165) is 36.0 Å². The van der Waals surface area contributed by atoms with Gasteiger partial charge in [-0.1, -0.05) is 30.9 Å². The molecule has 1 fully saturated rings. The van der Waals surface area contributed by atoms with E-state index in [-0.39, 0.29) is 5.91 Å². The number of nitrogen functional groups attached to an aromatic ring is 1. The highest BCUT2D eigenvalue weighted by Gasteiger charge is 2.22. The summed E-state index contributed by atoms with van der Waals surface area (Å²) in [6.07, 6.45) is 5.87. The molecule has 0 spiro atoms. The van der Waals surface area contributed by atoms with Gasteiger partial charge in [-0.15, -0.1) is 11.3 Å². The Hall–Kier alpha value is -1.26. The lowest BCUT2D eigenvalue weighted by molar-refractivity contribution is 0.0748. The zero-order valence-electron chi connectivity index (χ0n) is 11.9. The maximum Gasteiger partial charge on any atom is 0.266 e. The summed E-state index contributed by atoms with van der Waals surface area (Å²) in [5.74, 6) is 0.0757. The summed E-state index contributed by atoms with van der Waals surface area (Å²) in [4.78, 5) is 15.4. The summed E-state index contributed by atoms with van der Waals surface area (Å²) in [5.41, 5.74) is 6.78. The third-order valence-corrected chi connectivity index (χ3v) is 5.42. The minimum absolute atomic E-state index is 0.0757. The average Bonchev–Trinajstić information content (AvgIpc) is 2.74. The number of hydrogen-bond donors (Lipinski definition) is 1. The van der Waals surface area contributed by atoms with Gasteiger partial charge >= 0.3 is 0 Å². The number of likely N-dealkylation sites (tertiary alicyclic amines) is 1. The number of carbonyl (C=O) groups excluding carboxylic acids is 1. The van der Waals surface area contributed by atoms with Crippen LogP contribution < -0.4 is 5.73 Å². The first-order valence-corrected chi connectivity index (χ1v) is 8.63. The first-order valence-electron chi connectivity index (χ1n) is 7.43. The first kappa shape index (κ1) is 14.7. The number of rotatable bonds is 1. The maximum absolute atomic E-state index is 12.8. The molecular weight excluding hydrogens is 304 g/mol. The molecule has 5 heteroatoms. The summed E-state index contributed by atoms with van der Waals surface area (Å²) >= 11 is 7.47. The van der Waals surface area contributed by atoms with Gasteiger partial charge in [0.1, 0.15) is 4.88 Å². The van der Waals surface area contributed by atoms with E-state index in [1.54, 1.807) is 0 Å². The van der Waals surface area contributed by atoms with Gasteiger partial charge in [-0.2, -0.15) is 0 Å². The SMILES string of the molecule is Nc1c(C(=O)N2CCCCCCC2)sc2cc(Cl)ccc12. The van der Waals surface area contributed by atoms with Crippen molar-refractivity contribution in [3.63, 3.8) is 0 Å². The lowest BCUT2D eigenvalue weighted by Gasteiger charge is -2.24. The van der Waals surface area contributed by atoms with Crippen molar-refractivity contribution >= 4 is 44.6 Å². The molecule has 2 N–H and O–H groups in total. The zero-order chi connectivity index (χ0) is 14.8. The maximum atomic E-state index is 12.8. The molecule has 0 unspecified atom stereocenters. The van der Waals surface area contributed by atoms with E-state index >= 15 is 0 Å². The third kappa shape index (κ3) is 3.01. The number of nitrogens with zero attached hydrogens (tertiary/aromatic N) is 1. The number of benzene rings is 1. The van der Waals surface area contributed by atoms with Gasteiger partial charge in [0.2, 0.25) is 0 Å². The molecule has 1 aromatic carbocycles. The average molecular weight is 323 g/mol. The number of halogens is 1. The summed E-state index contributed by atoms with van der Waals surface area (Å²) in [5, 5.41) is 1.61. The Morgan fingerprint density at radius 3 is 2.52 bits per heavy atom. The molecule has 0 radical (unpaired) electrons. The van der Waals surface area contributed by atoms with E-state index in [2.05, 4.69) is 0 Å². The van der Waals surface area contributed by atoms with E-state index in [1.807, 2.05) is 23.1 Å². The van der Waals surface area contributed by atoms with Gasteiger partial charge in [-0.3, -0.25) is 4.79 Å². The van der Waals surface area contributed by atoms with Crippen molar-refractivity contribution in [1.29, 1.82) is 0 Å². The van der Waals surface area contributed by atoms with Gasteiger partial charge in [0.25, 0.3) is 5.91 Å². The molecule has 0 atom stereocenters. The van der Waals surface area contributed by atoms with E-state index in [4.69, 9.17) is 17.3 Å². The van der Waals surface area contributed by atoms with Crippen LogP contribution in [-0.4, -0.2) is 23.9 Å². The van der Waals surface area contributed by atoms with Crippen LogP contribution in [0, 0.1) is 0 Å². The van der Waals surface area contributed by atoms with Crippen molar-refractivity contribution < 1.29 is 4.79 Å². The Morgan fingerprint density at radius 2 is 1.81 bits per heavy atom. The van der Waals surface area contributed by atoms with Gasteiger partial charge in [0, 0.05) is 28.2 Å². The lowest BCUT2D eigenvalue weighted by Crippen LogP contribution is -2.33. The topological polar surface area (TPSA) is 46.3 Å². The fourth-order valence-corrected chi connectivity index (χ4v) is 4.21. The normalized spacial score (nSPS) is 16.7. The molecular formula is C16H19ClN2OS. The highest BCUT2D eigenvalue weighted by atomic mass is 35.5. The molecule has 0 aliphatic carbocycles. The monoisotopic (exact) mass is 322 g/mol. The number of nitrogens with two attached hydrogens (primary N) is 1. The minimum Gasteiger partial charge on any atom is -0.397 e. The van der Waals surface area contributed by atoms with E-state index in [0.29, 0.717) is 15.6 Å². The Labute approximate surface area is 133 Å². The molecule has 0 bridgehead atoms. The second-order valence-corrected chi connectivity index (χ2v) is 7.03. The van der Waals surface area contributed by atoms with E-state index in [1.165, 1.54) is 30.6 Å². The number of thiophene rings is 1. The summed E-state index contributed by atoms with van der Waals surface area (Å²) in [6.45, 7) is 1.68. The molecule has 1 aliphatic rings. The quantitative estimate of drug-likeness (QED) is 0.837. The third-order valence-electron chi connectivity index (χ3n) is 4.03. The molecule has 1 aliphatic heterocycles. The standard InChI is InChI=1S/C16H19ClN2OS/c17-11-6-7-12-13(10-11)21-15(14(12)18)16(20)19-8-4-2-1-3-5-9-19/h6-7,10H,1-5,8-9,18H2.